The molecule has 0 saturated carbocycles. The monoisotopic (exact) mass is 313 g/mol. The van der Waals surface area contributed by atoms with Gasteiger partial charge >= 0.3 is 0 Å². The van der Waals surface area contributed by atoms with Gasteiger partial charge in [-0.25, -0.2) is 0 Å². The van der Waals surface area contributed by atoms with Gasteiger partial charge < -0.3 is 0 Å². The van der Waals surface area contributed by atoms with Gasteiger partial charge in [-0.05, 0) is 39.8 Å². The fourth-order valence-electron chi connectivity index (χ4n) is 3.16. The number of carbonyl (C=O) groups is 1. The van der Waals surface area contributed by atoms with Gasteiger partial charge in [0.05, 0.1) is 16.8 Å². The highest BCUT2D eigenvalue weighted by Gasteiger charge is 2.42. The second-order valence-electron chi connectivity index (χ2n) is 5.62. The summed E-state index contributed by atoms with van der Waals surface area (Å²) in [6.07, 6.45) is 3.11. The third-order valence-electron chi connectivity index (χ3n) is 4.42. The molecule has 5 heteroatoms. The Morgan fingerprint density at radius 2 is 1.81 bits per heavy atom. The number of hydrogen-bond donors (Lipinski definition) is 0. The third-order valence-corrected chi connectivity index (χ3v) is 4.69. The first kappa shape index (κ1) is 18.2. The summed E-state index contributed by atoms with van der Waals surface area (Å²) >= 11 is 6.27. The van der Waals surface area contributed by atoms with E-state index in [1.807, 2.05) is 13.8 Å². The standard InChI is InChI=1S/C16H28ClN3O/c1-7-16(8-2,19(9-3)10-4)15(21)14-13(17)11-18-20(14)12(5)6/h11-12H,7-10H2,1-6H3. The number of ketones is 1. The van der Waals surface area contributed by atoms with Gasteiger partial charge in [-0.3, -0.25) is 14.4 Å². The first-order chi connectivity index (χ1) is 9.89. The Hall–Kier alpha value is -0.870. The molecule has 21 heavy (non-hydrogen) atoms. The van der Waals surface area contributed by atoms with Crippen LogP contribution >= 0.6 is 11.6 Å². The molecule has 0 fully saturated rings. The van der Waals surface area contributed by atoms with Crippen molar-refractivity contribution in [1.29, 1.82) is 0 Å². The van der Waals surface area contributed by atoms with Crippen molar-refractivity contribution in [1.82, 2.24) is 14.7 Å². The van der Waals surface area contributed by atoms with Crippen LogP contribution in [0.15, 0.2) is 6.20 Å². The van der Waals surface area contributed by atoms with Crippen molar-refractivity contribution in [3.8, 4) is 0 Å². The van der Waals surface area contributed by atoms with Crippen LogP contribution < -0.4 is 0 Å². The predicted molar refractivity (Wildman–Crippen MR) is 88.2 cm³/mol. The van der Waals surface area contributed by atoms with Gasteiger partial charge in [0.1, 0.15) is 5.69 Å². The summed E-state index contributed by atoms with van der Waals surface area (Å²) in [5.41, 5.74) is 0.0436. The van der Waals surface area contributed by atoms with E-state index in [1.165, 1.54) is 0 Å². The van der Waals surface area contributed by atoms with Crippen LogP contribution in [0, 0.1) is 0 Å². The van der Waals surface area contributed by atoms with E-state index in [-0.39, 0.29) is 11.8 Å². The molecule has 1 aromatic heterocycles. The number of likely N-dealkylation sites (N-methyl/N-ethyl adjacent to an activating group) is 1. The lowest BCUT2D eigenvalue weighted by molar-refractivity contribution is 0.0522. The molecule has 4 nitrogen and oxygen atoms in total. The molecular formula is C16H28ClN3O. The second-order valence-corrected chi connectivity index (χ2v) is 6.03. The molecule has 0 saturated heterocycles. The van der Waals surface area contributed by atoms with Gasteiger partial charge in [-0.1, -0.05) is 39.3 Å². The summed E-state index contributed by atoms with van der Waals surface area (Å²) in [5.74, 6) is 0.0902. The maximum Gasteiger partial charge on any atom is 0.202 e. The van der Waals surface area contributed by atoms with Crippen molar-refractivity contribution in [2.45, 2.75) is 66.0 Å². The van der Waals surface area contributed by atoms with Crippen LogP contribution in [0.4, 0.5) is 0 Å². The molecule has 0 unspecified atom stereocenters. The SMILES string of the molecule is CCN(CC)C(CC)(CC)C(=O)c1c(Cl)cnn1C(C)C. The van der Waals surface area contributed by atoms with Crippen LogP contribution in [0.2, 0.25) is 5.02 Å². The highest BCUT2D eigenvalue weighted by Crippen LogP contribution is 2.32. The van der Waals surface area contributed by atoms with Gasteiger partial charge in [0, 0.05) is 6.04 Å². The lowest BCUT2D eigenvalue weighted by Crippen LogP contribution is -2.54. The van der Waals surface area contributed by atoms with E-state index in [0.29, 0.717) is 10.7 Å². The number of nitrogens with zero attached hydrogens (tertiary/aromatic N) is 3. The van der Waals surface area contributed by atoms with Crippen LogP contribution in [0.3, 0.4) is 0 Å². The minimum Gasteiger partial charge on any atom is -0.291 e. The molecule has 0 radical (unpaired) electrons. The van der Waals surface area contributed by atoms with E-state index in [0.717, 1.165) is 25.9 Å². The summed E-state index contributed by atoms with van der Waals surface area (Å²) in [5, 5.41) is 4.73. The van der Waals surface area contributed by atoms with E-state index in [4.69, 9.17) is 11.6 Å². The number of hydrogen-bond acceptors (Lipinski definition) is 3. The van der Waals surface area contributed by atoms with Crippen LogP contribution in [0.5, 0.6) is 0 Å². The molecule has 0 aliphatic carbocycles. The molecule has 0 spiro atoms. The minimum atomic E-state index is -0.500. The predicted octanol–water partition coefficient (Wildman–Crippen LogP) is 4.20. The third kappa shape index (κ3) is 3.16. The Balaban J connectivity index is 3.40. The smallest absolute Gasteiger partial charge is 0.202 e. The quantitative estimate of drug-likeness (QED) is 0.675. The Bertz CT molecular complexity index is 474. The highest BCUT2D eigenvalue weighted by molar-refractivity contribution is 6.34. The highest BCUT2D eigenvalue weighted by atomic mass is 35.5. The number of halogens is 1. The Kier molecular flexibility index (Phi) is 6.41. The zero-order valence-corrected chi connectivity index (χ0v) is 14.9. The van der Waals surface area contributed by atoms with Crippen LogP contribution in [0.25, 0.3) is 0 Å². The normalized spacial score (nSPS) is 12.4. The van der Waals surface area contributed by atoms with Crippen LogP contribution in [0.1, 0.15) is 70.9 Å². The first-order valence-electron chi connectivity index (χ1n) is 7.92. The molecule has 120 valence electrons. The zero-order valence-electron chi connectivity index (χ0n) is 14.1. The maximum absolute atomic E-state index is 13.3. The molecule has 1 heterocycles. The molecule has 0 aliphatic rings. The first-order valence-corrected chi connectivity index (χ1v) is 8.30. The molecule has 1 rings (SSSR count). The average Bonchev–Trinajstić information content (AvgIpc) is 2.86. The fourth-order valence-corrected chi connectivity index (χ4v) is 3.37. The molecule has 0 aromatic carbocycles. The van der Waals surface area contributed by atoms with E-state index in [9.17, 15) is 4.79 Å². The summed E-state index contributed by atoms with van der Waals surface area (Å²) in [4.78, 5) is 15.5. The van der Waals surface area contributed by atoms with E-state index in [1.54, 1.807) is 10.9 Å². The molecule has 0 amide bonds. The molecule has 0 N–H and O–H groups in total. The Morgan fingerprint density at radius 1 is 1.29 bits per heavy atom. The minimum absolute atomic E-state index is 0.0902. The molecule has 0 bridgehead atoms. The summed E-state index contributed by atoms with van der Waals surface area (Å²) < 4.78 is 1.74. The van der Waals surface area contributed by atoms with Crippen LogP contribution in [-0.2, 0) is 0 Å². The number of rotatable bonds is 8. The van der Waals surface area contributed by atoms with E-state index >= 15 is 0 Å². The van der Waals surface area contributed by atoms with E-state index in [2.05, 4.69) is 37.7 Å². The van der Waals surface area contributed by atoms with Gasteiger partial charge in [0.15, 0.2) is 0 Å². The van der Waals surface area contributed by atoms with Crippen molar-refractivity contribution < 1.29 is 4.79 Å². The fraction of sp³-hybridized carbons (Fsp3) is 0.750. The van der Waals surface area contributed by atoms with Crippen molar-refractivity contribution in [2.75, 3.05) is 13.1 Å². The average molecular weight is 314 g/mol. The summed E-state index contributed by atoms with van der Waals surface area (Å²) in [7, 11) is 0. The molecular weight excluding hydrogens is 286 g/mol. The van der Waals surface area contributed by atoms with Crippen molar-refractivity contribution in [2.24, 2.45) is 0 Å². The second kappa shape index (κ2) is 7.41. The van der Waals surface area contributed by atoms with Crippen molar-refractivity contribution in [3.05, 3.63) is 16.9 Å². The van der Waals surface area contributed by atoms with Gasteiger partial charge in [0.2, 0.25) is 5.78 Å². The molecule has 0 aliphatic heterocycles. The Morgan fingerprint density at radius 3 is 2.19 bits per heavy atom. The maximum atomic E-state index is 13.3. The molecule has 1 aromatic rings. The van der Waals surface area contributed by atoms with Crippen molar-refractivity contribution in [3.63, 3.8) is 0 Å². The number of aromatic nitrogens is 2. The van der Waals surface area contributed by atoms with Gasteiger partial charge in [-0.15, -0.1) is 0 Å². The Labute approximate surface area is 133 Å². The topological polar surface area (TPSA) is 38.1 Å². The van der Waals surface area contributed by atoms with Gasteiger partial charge in [-0.2, -0.15) is 5.10 Å². The molecule has 0 atom stereocenters. The lowest BCUT2D eigenvalue weighted by atomic mass is 9.84. The van der Waals surface area contributed by atoms with Crippen LogP contribution in [-0.4, -0.2) is 39.1 Å². The number of carbonyl (C=O) groups excluding carboxylic acids is 1. The van der Waals surface area contributed by atoms with Gasteiger partial charge in [0.25, 0.3) is 0 Å². The summed E-state index contributed by atoms with van der Waals surface area (Å²) in [6, 6.07) is 0.111. The van der Waals surface area contributed by atoms with E-state index < -0.39 is 5.54 Å². The summed E-state index contributed by atoms with van der Waals surface area (Å²) in [6.45, 7) is 14.0. The zero-order chi connectivity index (χ0) is 16.2. The van der Waals surface area contributed by atoms with Crippen molar-refractivity contribution >= 4 is 17.4 Å². The lowest BCUT2D eigenvalue weighted by Gasteiger charge is -2.41. The number of Topliss-reactive ketones (excluding diaryl/α,β-unsaturated/α-hetero) is 1. The largest absolute Gasteiger partial charge is 0.291 e.